The Morgan fingerprint density at radius 2 is 2.46 bits per heavy atom. The van der Waals surface area contributed by atoms with Crippen molar-refractivity contribution in [1.82, 2.24) is 15.5 Å². The van der Waals surface area contributed by atoms with Crippen molar-refractivity contribution in [3.05, 3.63) is 11.5 Å². The van der Waals surface area contributed by atoms with Crippen molar-refractivity contribution >= 4 is 34.4 Å². The normalized spacial score (nSPS) is 38.8. The van der Waals surface area contributed by atoms with E-state index >= 15 is 0 Å². The van der Waals surface area contributed by atoms with Crippen LogP contribution in [-0.2, 0) is 18.3 Å². The molecule has 0 aromatic heterocycles. The van der Waals surface area contributed by atoms with Crippen LogP contribution in [-0.4, -0.2) is 73.7 Å². The van der Waals surface area contributed by atoms with Crippen LogP contribution in [0.15, 0.2) is 16.5 Å². The average Bonchev–Trinajstić information content (AvgIpc) is 3.18. The molecule has 2 saturated heterocycles. The van der Waals surface area contributed by atoms with Crippen LogP contribution in [0.3, 0.4) is 0 Å². The molecule has 0 spiro atoms. The standard InChI is InChI=1S/C13H21BN5O5PS/c14-25(21-3-1-2-15)22-4-7-10(24-25)9(20)13(23-7)19-6-18-8-11(19)16-5-17-12(8)26/h5,7,9-10,12-13,18,20,25-26H,1,3-4,6,14H2,(H,16,17)/t7?,9?,10-,12?,13?/m1/s1. The summed E-state index contributed by atoms with van der Waals surface area (Å²) in [5.74, 6) is 0.692. The number of fused-ring (bicyclic) bond motifs is 1. The molecule has 2 fully saturated rings. The predicted molar refractivity (Wildman–Crippen MR) is 99.8 cm³/mol. The number of rotatable bonds is 4. The zero-order valence-corrected chi connectivity index (χ0v) is 16.1. The van der Waals surface area contributed by atoms with Crippen LogP contribution in [0.5, 0.6) is 0 Å². The fourth-order valence-corrected chi connectivity index (χ4v) is 5.65. The number of aliphatic hydroxyl groups excluding tert-OH is 1. The number of aliphatic imine (C=N–C) groups is 1. The Morgan fingerprint density at radius 3 is 3.27 bits per heavy atom. The summed E-state index contributed by atoms with van der Waals surface area (Å²) in [6.45, 7) is 0.977. The molecule has 26 heavy (non-hydrogen) atoms. The minimum atomic E-state index is -2.91. The van der Waals surface area contributed by atoms with Crippen LogP contribution < -0.4 is 10.6 Å². The molecular formula is C13H21BN5O5PS. The second kappa shape index (κ2) is 7.17. The molecule has 0 aromatic rings. The minimum absolute atomic E-state index is 0.183. The first-order valence-corrected chi connectivity index (χ1v) is 11.1. The molecule has 10 nitrogen and oxygen atoms in total. The average molecular weight is 401 g/mol. The Morgan fingerprint density at radius 1 is 1.62 bits per heavy atom. The second-order valence-electron chi connectivity index (χ2n) is 6.44. The fraction of sp³-hybridized carbons (Fsp3) is 0.692. The molecule has 142 valence electrons. The van der Waals surface area contributed by atoms with Gasteiger partial charge in [0.25, 0.3) is 0 Å². The van der Waals surface area contributed by atoms with Gasteiger partial charge in [0, 0.05) is 0 Å². The van der Waals surface area contributed by atoms with Gasteiger partial charge in [-0.1, -0.05) is 0 Å². The number of hydrogen-bond donors (Lipinski definition) is 4. The summed E-state index contributed by atoms with van der Waals surface area (Å²) in [7, 11) is -1.14. The molecule has 4 aliphatic rings. The van der Waals surface area contributed by atoms with E-state index in [4.69, 9.17) is 23.6 Å². The summed E-state index contributed by atoms with van der Waals surface area (Å²) in [5.41, 5.74) is 0.845. The van der Waals surface area contributed by atoms with Crippen molar-refractivity contribution in [3.63, 3.8) is 0 Å². The molecule has 0 aliphatic carbocycles. The molecule has 0 aromatic carbocycles. The first-order valence-electron chi connectivity index (χ1n) is 8.40. The predicted octanol–water partition coefficient (Wildman–Crippen LogP) is -1.62. The Bertz CT molecular complexity index is 680. The van der Waals surface area contributed by atoms with Crippen molar-refractivity contribution < 1.29 is 23.4 Å². The summed E-state index contributed by atoms with van der Waals surface area (Å²) in [6.07, 6.45) is -0.588. The molecular weight excluding hydrogens is 380 g/mol. The third-order valence-electron chi connectivity index (χ3n) is 4.70. The number of nitrogens with zero attached hydrogens (tertiary/aromatic N) is 3. The van der Waals surface area contributed by atoms with Gasteiger partial charge >= 0.3 is 157 Å². The van der Waals surface area contributed by atoms with E-state index < -0.39 is 32.4 Å². The van der Waals surface area contributed by atoms with E-state index in [1.165, 1.54) is 0 Å². The van der Waals surface area contributed by atoms with Crippen LogP contribution >= 0.6 is 20.5 Å². The van der Waals surface area contributed by atoms with Crippen molar-refractivity contribution in [3.8, 4) is 6.07 Å². The Balaban J connectivity index is 1.46. The zero-order valence-electron chi connectivity index (χ0n) is 14.2. The van der Waals surface area contributed by atoms with Gasteiger partial charge in [-0.05, 0) is 0 Å². The van der Waals surface area contributed by atoms with Crippen molar-refractivity contribution in [2.24, 2.45) is 4.99 Å². The van der Waals surface area contributed by atoms with E-state index in [0.29, 0.717) is 12.5 Å². The number of aliphatic hydroxyl groups is 1. The molecule has 5 atom stereocenters. The molecule has 4 aliphatic heterocycles. The molecule has 4 rings (SSSR count). The first kappa shape index (κ1) is 18.3. The van der Waals surface area contributed by atoms with Crippen molar-refractivity contribution in [1.29, 1.82) is 5.26 Å². The summed E-state index contributed by atoms with van der Waals surface area (Å²) in [4.78, 5) is 6.21. The molecule has 4 heterocycles. The number of thiol groups is 1. The molecule has 0 radical (unpaired) electrons. The van der Waals surface area contributed by atoms with E-state index in [0.717, 1.165) is 5.70 Å². The maximum absolute atomic E-state index is 10.8. The number of ether oxygens (including phenoxy) is 1. The molecule has 0 amide bonds. The summed E-state index contributed by atoms with van der Waals surface area (Å²) in [6, 6.07) is 2.02. The topological polar surface area (TPSA) is 121 Å². The van der Waals surface area contributed by atoms with E-state index in [-0.39, 0.29) is 25.0 Å². The van der Waals surface area contributed by atoms with Gasteiger partial charge < -0.3 is 0 Å². The van der Waals surface area contributed by atoms with Crippen LogP contribution in [0, 0.1) is 11.3 Å². The van der Waals surface area contributed by atoms with Crippen LogP contribution in [0.4, 0.5) is 0 Å². The fourth-order valence-electron chi connectivity index (χ4n) is 3.43. The van der Waals surface area contributed by atoms with E-state index in [1.54, 1.807) is 13.9 Å². The number of hydrogen-bond acceptors (Lipinski definition) is 11. The van der Waals surface area contributed by atoms with Gasteiger partial charge in [-0.25, -0.2) is 0 Å². The third-order valence-corrected chi connectivity index (χ3v) is 7.23. The zero-order chi connectivity index (χ0) is 18.3. The number of nitriles is 1. The van der Waals surface area contributed by atoms with Crippen molar-refractivity contribution in [2.75, 3.05) is 19.9 Å². The van der Waals surface area contributed by atoms with E-state index in [2.05, 4.69) is 28.3 Å². The Hall–Kier alpha value is -1.06. The maximum atomic E-state index is 10.8. The molecule has 0 bridgehead atoms. The number of nitrogens with one attached hydrogen (secondary N) is 2. The van der Waals surface area contributed by atoms with Crippen LogP contribution in [0.1, 0.15) is 6.42 Å². The molecule has 4 unspecified atom stereocenters. The van der Waals surface area contributed by atoms with E-state index in [9.17, 15) is 5.11 Å². The quantitative estimate of drug-likeness (QED) is 0.191. The van der Waals surface area contributed by atoms with Gasteiger partial charge in [-0.15, -0.1) is 0 Å². The van der Waals surface area contributed by atoms with Gasteiger partial charge in [0.05, 0.1) is 0 Å². The van der Waals surface area contributed by atoms with E-state index in [1.807, 2.05) is 11.0 Å². The van der Waals surface area contributed by atoms with Crippen LogP contribution in [0.2, 0.25) is 0 Å². The van der Waals surface area contributed by atoms with Gasteiger partial charge in [0.2, 0.25) is 0 Å². The first-order chi connectivity index (χ1) is 12.5. The molecule has 0 saturated carbocycles. The Labute approximate surface area is 157 Å². The summed E-state index contributed by atoms with van der Waals surface area (Å²) < 4.78 is 23.4. The Kier molecular flexibility index (Phi) is 5.05. The molecule has 13 heteroatoms. The van der Waals surface area contributed by atoms with Gasteiger partial charge in [-0.2, -0.15) is 0 Å². The van der Waals surface area contributed by atoms with Gasteiger partial charge in [-0.3, -0.25) is 0 Å². The van der Waals surface area contributed by atoms with Gasteiger partial charge in [0.15, 0.2) is 0 Å². The summed E-state index contributed by atoms with van der Waals surface area (Å²) >= 11 is 4.46. The second-order valence-corrected chi connectivity index (χ2v) is 9.49. The monoisotopic (exact) mass is 401 g/mol. The SMILES string of the molecule is B[PH]1(OCCC#N)OCC2OC(N3CNC4=C3N=CNC4S)C(O)[C@@H]2O1. The third kappa shape index (κ3) is 3.18. The molecule has 3 N–H and O–H groups in total. The van der Waals surface area contributed by atoms with Gasteiger partial charge in [0.1, 0.15) is 0 Å². The van der Waals surface area contributed by atoms with Crippen molar-refractivity contribution in [2.45, 2.75) is 36.3 Å². The summed E-state index contributed by atoms with van der Waals surface area (Å²) in [5, 5.41) is 25.5. The van der Waals surface area contributed by atoms with Crippen LogP contribution in [0.25, 0.3) is 0 Å².